The maximum Gasteiger partial charge on any atom is 0.294 e. The summed E-state index contributed by atoms with van der Waals surface area (Å²) in [6.45, 7) is -0.233. The van der Waals surface area contributed by atoms with E-state index >= 15 is 0 Å². The van der Waals surface area contributed by atoms with E-state index in [-0.39, 0.29) is 30.1 Å². The summed E-state index contributed by atoms with van der Waals surface area (Å²) in [4.78, 5) is 23.6. The number of sulfonamides is 1. The number of benzene rings is 1. The molecule has 1 fully saturated rings. The number of anilines is 1. The molecule has 1 amide bonds. The van der Waals surface area contributed by atoms with Crippen LogP contribution in [-0.4, -0.2) is 38.2 Å². The van der Waals surface area contributed by atoms with Crippen LogP contribution in [0.25, 0.3) is 0 Å². The van der Waals surface area contributed by atoms with Gasteiger partial charge in [0, 0.05) is 25.1 Å². The van der Waals surface area contributed by atoms with Gasteiger partial charge in [-0.15, -0.1) is 0 Å². The lowest BCUT2D eigenvalue weighted by molar-refractivity contribution is -0.384. The number of rotatable bonds is 4. The number of hydrogen-bond donors (Lipinski definition) is 1. The number of hydrogen-bond acceptors (Lipinski definition) is 6. The van der Waals surface area contributed by atoms with Crippen molar-refractivity contribution in [2.24, 2.45) is 5.14 Å². The van der Waals surface area contributed by atoms with Crippen LogP contribution in [0.3, 0.4) is 0 Å². The number of amides is 1. The fourth-order valence-corrected chi connectivity index (χ4v) is 3.40. The Morgan fingerprint density at radius 2 is 2.14 bits per heavy atom. The highest BCUT2D eigenvalue weighted by atomic mass is 79.9. The van der Waals surface area contributed by atoms with Crippen molar-refractivity contribution in [2.75, 3.05) is 18.6 Å². The zero-order valence-corrected chi connectivity index (χ0v) is 13.8. The molecule has 0 spiro atoms. The van der Waals surface area contributed by atoms with Crippen LogP contribution >= 0.6 is 15.9 Å². The predicted octanol–water partition coefficient (Wildman–Crippen LogP) is 0.760. The van der Waals surface area contributed by atoms with Crippen molar-refractivity contribution in [1.29, 1.82) is 0 Å². The predicted molar refractivity (Wildman–Crippen MR) is 81.2 cm³/mol. The minimum atomic E-state index is -3.91. The largest absolute Gasteiger partial charge is 0.495 e. The quantitative estimate of drug-likeness (QED) is 0.592. The van der Waals surface area contributed by atoms with Gasteiger partial charge in [0.15, 0.2) is 0 Å². The molecule has 0 saturated carbocycles. The molecule has 2 rings (SSSR count). The molecule has 0 bridgehead atoms. The highest BCUT2D eigenvalue weighted by Gasteiger charge is 2.39. The van der Waals surface area contributed by atoms with Gasteiger partial charge in [-0.2, -0.15) is 0 Å². The number of halogens is 1. The first-order chi connectivity index (χ1) is 10.1. The molecule has 0 aliphatic carbocycles. The first kappa shape index (κ1) is 16.6. The summed E-state index contributed by atoms with van der Waals surface area (Å²) in [6, 6.07) is 2.51. The Morgan fingerprint density at radius 1 is 1.50 bits per heavy atom. The van der Waals surface area contributed by atoms with Gasteiger partial charge in [-0.05, 0) is 15.9 Å². The Bertz CT molecular complexity index is 750. The van der Waals surface area contributed by atoms with Crippen molar-refractivity contribution in [3.63, 3.8) is 0 Å². The monoisotopic (exact) mass is 393 g/mol. The molecule has 120 valence electrons. The third-order valence-corrected chi connectivity index (χ3v) is 5.16. The molecule has 1 atom stereocenters. The van der Waals surface area contributed by atoms with Crippen LogP contribution in [0.4, 0.5) is 11.4 Å². The molecule has 1 aromatic carbocycles. The number of nitrogens with zero attached hydrogens (tertiary/aromatic N) is 2. The van der Waals surface area contributed by atoms with Crippen molar-refractivity contribution in [2.45, 2.75) is 11.7 Å². The lowest BCUT2D eigenvalue weighted by Gasteiger charge is -2.17. The average Bonchev–Trinajstić information content (AvgIpc) is 2.80. The fourth-order valence-electron chi connectivity index (χ4n) is 2.18. The molecule has 1 aliphatic rings. The van der Waals surface area contributed by atoms with Crippen molar-refractivity contribution >= 4 is 43.2 Å². The van der Waals surface area contributed by atoms with E-state index in [4.69, 9.17) is 9.88 Å². The van der Waals surface area contributed by atoms with Gasteiger partial charge in [-0.25, -0.2) is 13.6 Å². The minimum absolute atomic E-state index is 0.0267. The van der Waals surface area contributed by atoms with Gasteiger partial charge in [-0.1, -0.05) is 0 Å². The van der Waals surface area contributed by atoms with E-state index in [1.54, 1.807) is 0 Å². The van der Waals surface area contributed by atoms with Crippen LogP contribution in [0.15, 0.2) is 16.6 Å². The molecule has 1 unspecified atom stereocenters. The lowest BCUT2D eigenvalue weighted by atomic mass is 10.2. The summed E-state index contributed by atoms with van der Waals surface area (Å²) in [5.74, 6) is -0.265. The van der Waals surface area contributed by atoms with Crippen molar-refractivity contribution in [1.82, 2.24) is 0 Å². The van der Waals surface area contributed by atoms with E-state index in [0.29, 0.717) is 4.47 Å². The Morgan fingerprint density at radius 3 is 2.59 bits per heavy atom. The molecule has 1 heterocycles. The number of nitrogens with two attached hydrogens (primary N) is 1. The molecule has 9 nitrogen and oxygen atoms in total. The minimum Gasteiger partial charge on any atom is -0.495 e. The van der Waals surface area contributed by atoms with E-state index in [2.05, 4.69) is 15.9 Å². The summed E-state index contributed by atoms with van der Waals surface area (Å²) in [5.41, 5.74) is -0.364. The Kier molecular flexibility index (Phi) is 4.40. The van der Waals surface area contributed by atoms with E-state index in [1.165, 1.54) is 19.2 Å². The number of nitro benzene ring substituents is 1. The van der Waals surface area contributed by atoms with Crippen molar-refractivity contribution in [3.05, 3.63) is 26.7 Å². The molecule has 1 aromatic rings. The van der Waals surface area contributed by atoms with E-state index in [0.717, 1.165) is 4.90 Å². The van der Waals surface area contributed by atoms with Crippen LogP contribution < -0.4 is 14.8 Å². The summed E-state index contributed by atoms with van der Waals surface area (Å²) in [7, 11) is -2.54. The number of nitro groups is 1. The van der Waals surface area contributed by atoms with Crippen LogP contribution in [0.2, 0.25) is 0 Å². The van der Waals surface area contributed by atoms with Crippen LogP contribution in [0.5, 0.6) is 5.75 Å². The van der Waals surface area contributed by atoms with Gasteiger partial charge in [0.25, 0.3) is 5.69 Å². The van der Waals surface area contributed by atoms with E-state index < -0.39 is 26.1 Å². The number of methoxy groups -OCH3 is 1. The topological polar surface area (TPSA) is 133 Å². The molecule has 11 heteroatoms. The van der Waals surface area contributed by atoms with E-state index in [9.17, 15) is 23.3 Å². The first-order valence-corrected chi connectivity index (χ1v) is 8.39. The van der Waals surface area contributed by atoms with Crippen molar-refractivity contribution < 1.29 is 22.9 Å². The van der Waals surface area contributed by atoms with Gasteiger partial charge in [0.2, 0.25) is 15.9 Å². The van der Waals surface area contributed by atoms with E-state index in [1.807, 2.05) is 0 Å². The van der Waals surface area contributed by atoms with Crippen molar-refractivity contribution in [3.8, 4) is 5.75 Å². The second kappa shape index (κ2) is 5.82. The first-order valence-electron chi connectivity index (χ1n) is 5.99. The third-order valence-electron chi connectivity index (χ3n) is 3.29. The summed E-state index contributed by atoms with van der Waals surface area (Å²) in [6.07, 6.45) is -0.311. The SMILES string of the molecule is COc1cc(N2CC(S(N)(=O)=O)CC2=O)c([N+](=O)[O-])cc1Br. The average molecular weight is 394 g/mol. The van der Waals surface area contributed by atoms with Crippen LogP contribution in [-0.2, 0) is 14.8 Å². The number of ether oxygens (including phenoxy) is 1. The zero-order valence-electron chi connectivity index (χ0n) is 11.4. The fraction of sp³-hybridized carbons (Fsp3) is 0.364. The van der Waals surface area contributed by atoms with Gasteiger partial charge in [-0.3, -0.25) is 14.9 Å². The Hall–Kier alpha value is -1.72. The second-order valence-electron chi connectivity index (χ2n) is 4.65. The molecular formula is C11H12BrN3O6S. The lowest BCUT2D eigenvalue weighted by Crippen LogP contribution is -2.32. The number of primary sulfonamides is 1. The van der Waals surface area contributed by atoms with Crippen LogP contribution in [0, 0.1) is 10.1 Å². The number of carbonyl (C=O) groups excluding carboxylic acids is 1. The normalized spacial score (nSPS) is 18.6. The standard InChI is InChI=1S/C11H12BrN3O6S/c1-21-10-4-8(9(15(17)18)3-7(10)12)14-5-6(2-11(14)16)22(13,19)20/h3-4,6H,2,5H2,1H3,(H2,13,19,20). The highest BCUT2D eigenvalue weighted by Crippen LogP contribution is 2.39. The molecule has 22 heavy (non-hydrogen) atoms. The third kappa shape index (κ3) is 3.05. The van der Waals surface area contributed by atoms with Gasteiger partial charge in [0.05, 0.1) is 16.5 Å². The maximum atomic E-state index is 12.0. The molecular weight excluding hydrogens is 382 g/mol. The van der Waals surface area contributed by atoms with Crippen LogP contribution in [0.1, 0.15) is 6.42 Å². The zero-order chi connectivity index (χ0) is 16.7. The number of carbonyl (C=O) groups is 1. The second-order valence-corrected chi connectivity index (χ2v) is 7.35. The van der Waals surface area contributed by atoms with Gasteiger partial charge < -0.3 is 9.64 Å². The summed E-state index contributed by atoms with van der Waals surface area (Å²) in [5, 5.41) is 15.1. The molecule has 0 aromatic heterocycles. The Balaban J connectivity index is 2.52. The molecule has 1 saturated heterocycles. The molecule has 0 radical (unpaired) electrons. The van der Waals surface area contributed by atoms with Gasteiger partial charge >= 0.3 is 0 Å². The molecule has 1 aliphatic heterocycles. The smallest absolute Gasteiger partial charge is 0.294 e. The summed E-state index contributed by atoms with van der Waals surface area (Å²) < 4.78 is 28.2. The maximum absolute atomic E-state index is 12.0. The summed E-state index contributed by atoms with van der Waals surface area (Å²) >= 11 is 3.13. The highest BCUT2D eigenvalue weighted by molar-refractivity contribution is 9.10. The molecule has 2 N–H and O–H groups in total. The van der Waals surface area contributed by atoms with Gasteiger partial charge in [0.1, 0.15) is 16.7 Å². The Labute approximate surface area is 134 Å².